The van der Waals surface area contributed by atoms with Gasteiger partial charge in [-0.05, 0) is 30.9 Å². The SMILES string of the molecule is CCCC1CCN(c2cc(/C(N)=N/O)ccn2)C1. The molecule has 0 radical (unpaired) electrons. The van der Waals surface area contributed by atoms with Crippen molar-refractivity contribution in [3.63, 3.8) is 0 Å². The average Bonchev–Trinajstić information content (AvgIpc) is 2.87. The number of nitrogens with two attached hydrogens (primary N) is 1. The summed E-state index contributed by atoms with van der Waals surface area (Å²) in [6.07, 6.45) is 5.44. The monoisotopic (exact) mass is 248 g/mol. The van der Waals surface area contributed by atoms with Crippen LogP contribution < -0.4 is 10.6 Å². The third-order valence-electron chi connectivity index (χ3n) is 3.46. The van der Waals surface area contributed by atoms with E-state index in [2.05, 4.69) is 22.0 Å². The quantitative estimate of drug-likeness (QED) is 0.369. The summed E-state index contributed by atoms with van der Waals surface area (Å²) in [6, 6.07) is 3.63. The van der Waals surface area contributed by atoms with Gasteiger partial charge in [0.15, 0.2) is 5.84 Å². The molecular formula is C13H20N4O. The first-order chi connectivity index (χ1) is 8.74. The van der Waals surface area contributed by atoms with Crippen LogP contribution in [0.15, 0.2) is 23.5 Å². The molecule has 5 nitrogen and oxygen atoms in total. The standard InChI is InChI=1S/C13H20N4O/c1-2-3-10-5-7-17(9-10)12-8-11(4-6-15-12)13(14)16-18/h4,6,8,10,18H,2-3,5,7,9H2,1H3,(H2,14,16). The normalized spacial score (nSPS) is 20.4. The fraction of sp³-hybridized carbons (Fsp3) is 0.538. The maximum absolute atomic E-state index is 8.69. The lowest BCUT2D eigenvalue weighted by atomic mass is 10.0. The molecule has 1 fully saturated rings. The lowest BCUT2D eigenvalue weighted by molar-refractivity contribution is 0.318. The highest BCUT2D eigenvalue weighted by Gasteiger charge is 2.22. The number of rotatable bonds is 4. The zero-order valence-corrected chi connectivity index (χ0v) is 10.7. The van der Waals surface area contributed by atoms with Crippen LogP contribution in [0.5, 0.6) is 0 Å². The van der Waals surface area contributed by atoms with Gasteiger partial charge in [-0.15, -0.1) is 0 Å². The molecule has 2 heterocycles. The first-order valence-corrected chi connectivity index (χ1v) is 6.43. The highest BCUT2D eigenvalue weighted by Crippen LogP contribution is 2.25. The van der Waals surface area contributed by atoms with Gasteiger partial charge in [0.25, 0.3) is 0 Å². The Hall–Kier alpha value is -1.78. The number of nitrogens with zero attached hydrogens (tertiary/aromatic N) is 3. The van der Waals surface area contributed by atoms with E-state index in [1.54, 1.807) is 12.3 Å². The molecule has 3 N–H and O–H groups in total. The molecule has 1 aromatic heterocycles. The maximum Gasteiger partial charge on any atom is 0.170 e. The van der Waals surface area contributed by atoms with Crippen molar-refractivity contribution >= 4 is 11.7 Å². The van der Waals surface area contributed by atoms with E-state index in [1.807, 2.05) is 6.07 Å². The van der Waals surface area contributed by atoms with Gasteiger partial charge in [0.05, 0.1) is 0 Å². The molecule has 5 heteroatoms. The van der Waals surface area contributed by atoms with Gasteiger partial charge in [-0.3, -0.25) is 0 Å². The molecule has 1 aromatic rings. The Labute approximate surface area is 107 Å². The topological polar surface area (TPSA) is 74.7 Å². The van der Waals surface area contributed by atoms with Crippen molar-refractivity contribution < 1.29 is 5.21 Å². The van der Waals surface area contributed by atoms with Crippen molar-refractivity contribution in [2.24, 2.45) is 16.8 Å². The van der Waals surface area contributed by atoms with Crippen molar-refractivity contribution in [1.82, 2.24) is 4.98 Å². The summed E-state index contributed by atoms with van der Waals surface area (Å²) in [4.78, 5) is 6.64. The van der Waals surface area contributed by atoms with Gasteiger partial charge in [0, 0.05) is 24.8 Å². The molecular weight excluding hydrogens is 228 g/mol. The van der Waals surface area contributed by atoms with Crippen molar-refractivity contribution in [2.45, 2.75) is 26.2 Å². The zero-order valence-electron chi connectivity index (χ0n) is 10.7. The van der Waals surface area contributed by atoms with Crippen LogP contribution in [0.3, 0.4) is 0 Å². The van der Waals surface area contributed by atoms with Crippen LogP contribution in [0.25, 0.3) is 0 Å². The van der Waals surface area contributed by atoms with E-state index in [-0.39, 0.29) is 5.84 Å². The molecule has 0 amide bonds. The van der Waals surface area contributed by atoms with E-state index < -0.39 is 0 Å². The Bertz CT molecular complexity index is 433. The van der Waals surface area contributed by atoms with E-state index in [9.17, 15) is 0 Å². The van der Waals surface area contributed by atoms with E-state index in [0.29, 0.717) is 5.56 Å². The molecule has 0 bridgehead atoms. The third kappa shape index (κ3) is 2.72. The van der Waals surface area contributed by atoms with Crippen LogP contribution in [-0.2, 0) is 0 Å². The summed E-state index contributed by atoms with van der Waals surface area (Å²) >= 11 is 0. The minimum absolute atomic E-state index is 0.128. The second-order valence-corrected chi connectivity index (χ2v) is 4.78. The fourth-order valence-corrected chi connectivity index (χ4v) is 2.49. The fourth-order valence-electron chi connectivity index (χ4n) is 2.49. The number of hydrogen-bond donors (Lipinski definition) is 2. The lowest BCUT2D eigenvalue weighted by Gasteiger charge is -2.18. The highest BCUT2D eigenvalue weighted by molar-refractivity contribution is 5.97. The second-order valence-electron chi connectivity index (χ2n) is 4.78. The van der Waals surface area contributed by atoms with E-state index in [4.69, 9.17) is 10.9 Å². The molecule has 0 spiro atoms. The van der Waals surface area contributed by atoms with Gasteiger partial charge in [0.1, 0.15) is 5.82 Å². The highest BCUT2D eigenvalue weighted by atomic mass is 16.4. The molecule has 98 valence electrons. The van der Waals surface area contributed by atoms with E-state index in [0.717, 1.165) is 24.8 Å². The molecule has 1 atom stereocenters. The largest absolute Gasteiger partial charge is 0.409 e. The molecule has 18 heavy (non-hydrogen) atoms. The third-order valence-corrected chi connectivity index (χ3v) is 3.46. The first kappa shape index (κ1) is 12.7. The van der Waals surface area contributed by atoms with Crippen molar-refractivity contribution in [1.29, 1.82) is 0 Å². The van der Waals surface area contributed by atoms with Gasteiger partial charge in [-0.1, -0.05) is 18.5 Å². The number of pyridine rings is 1. The number of hydrogen-bond acceptors (Lipinski definition) is 4. The predicted molar refractivity (Wildman–Crippen MR) is 72.0 cm³/mol. The minimum atomic E-state index is 0.128. The smallest absolute Gasteiger partial charge is 0.170 e. The summed E-state index contributed by atoms with van der Waals surface area (Å²) in [6.45, 7) is 4.32. The Morgan fingerprint density at radius 2 is 2.50 bits per heavy atom. The van der Waals surface area contributed by atoms with Gasteiger partial charge in [-0.25, -0.2) is 4.98 Å². The van der Waals surface area contributed by atoms with Crippen molar-refractivity contribution in [3.8, 4) is 0 Å². The molecule has 1 unspecified atom stereocenters. The first-order valence-electron chi connectivity index (χ1n) is 6.43. The summed E-state index contributed by atoms with van der Waals surface area (Å²) in [7, 11) is 0. The predicted octanol–water partition coefficient (Wildman–Crippen LogP) is 1.80. The Morgan fingerprint density at radius 3 is 3.22 bits per heavy atom. The van der Waals surface area contributed by atoms with E-state index in [1.165, 1.54) is 19.3 Å². The zero-order chi connectivity index (χ0) is 13.0. The maximum atomic E-state index is 8.69. The Balaban J connectivity index is 2.10. The van der Waals surface area contributed by atoms with Crippen LogP contribution in [-0.4, -0.2) is 29.1 Å². The molecule has 0 aliphatic carbocycles. The lowest BCUT2D eigenvalue weighted by Crippen LogP contribution is -2.22. The number of anilines is 1. The molecule has 1 aliphatic rings. The van der Waals surface area contributed by atoms with Crippen LogP contribution in [0.1, 0.15) is 31.7 Å². The van der Waals surface area contributed by atoms with Crippen LogP contribution >= 0.6 is 0 Å². The molecule has 0 aromatic carbocycles. The van der Waals surface area contributed by atoms with E-state index >= 15 is 0 Å². The second kappa shape index (κ2) is 5.71. The number of amidine groups is 1. The Kier molecular flexibility index (Phi) is 4.02. The Morgan fingerprint density at radius 1 is 1.67 bits per heavy atom. The summed E-state index contributed by atoms with van der Waals surface area (Å²) in [5.41, 5.74) is 6.30. The molecule has 1 saturated heterocycles. The van der Waals surface area contributed by atoms with Crippen molar-refractivity contribution in [2.75, 3.05) is 18.0 Å². The molecule has 2 rings (SSSR count). The summed E-state index contributed by atoms with van der Waals surface area (Å²) < 4.78 is 0. The van der Waals surface area contributed by atoms with Gasteiger partial charge in [0.2, 0.25) is 0 Å². The minimum Gasteiger partial charge on any atom is -0.409 e. The van der Waals surface area contributed by atoms with Crippen LogP contribution in [0.2, 0.25) is 0 Å². The van der Waals surface area contributed by atoms with Crippen LogP contribution in [0, 0.1) is 5.92 Å². The van der Waals surface area contributed by atoms with Gasteiger partial charge < -0.3 is 15.8 Å². The van der Waals surface area contributed by atoms with Crippen molar-refractivity contribution in [3.05, 3.63) is 23.9 Å². The van der Waals surface area contributed by atoms with Crippen LogP contribution in [0.4, 0.5) is 5.82 Å². The van der Waals surface area contributed by atoms with Gasteiger partial charge >= 0.3 is 0 Å². The average molecular weight is 248 g/mol. The number of oxime groups is 1. The van der Waals surface area contributed by atoms with Gasteiger partial charge in [-0.2, -0.15) is 0 Å². The molecule has 1 aliphatic heterocycles. The molecule has 0 saturated carbocycles. The summed E-state index contributed by atoms with van der Waals surface area (Å²) in [5.74, 6) is 1.81. The summed E-state index contributed by atoms with van der Waals surface area (Å²) in [5, 5.41) is 11.7. The number of aromatic nitrogens is 1.